The maximum atomic E-state index is 12.0. The predicted octanol–water partition coefficient (Wildman–Crippen LogP) is -0.649. The molecule has 0 saturated carbocycles. The van der Waals surface area contributed by atoms with Gasteiger partial charge in [0.25, 0.3) is 0 Å². The van der Waals surface area contributed by atoms with Crippen LogP contribution >= 0.6 is 0 Å². The Balaban J connectivity index is 1.90. The Morgan fingerprint density at radius 3 is 2.59 bits per heavy atom. The van der Waals surface area contributed by atoms with Crippen LogP contribution in [0, 0.1) is 0 Å². The van der Waals surface area contributed by atoms with Crippen LogP contribution in [0.1, 0.15) is 19.3 Å². The van der Waals surface area contributed by atoms with Crippen LogP contribution in [0.5, 0.6) is 0 Å². The van der Waals surface area contributed by atoms with Gasteiger partial charge in [-0.3, -0.25) is 4.79 Å². The van der Waals surface area contributed by atoms with Crippen LogP contribution in [0.25, 0.3) is 0 Å². The second kappa shape index (κ2) is 5.35. The van der Waals surface area contributed by atoms with Gasteiger partial charge in [-0.05, 0) is 12.8 Å². The molecule has 0 aromatic rings. The van der Waals surface area contributed by atoms with Crippen molar-refractivity contribution in [3.63, 3.8) is 0 Å². The van der Waals surface area contributed by atoms with Crippen LogP contribution in [-0.4, -0.2) is 60.5 Å². The lowest BCUT2D eigenvalue weighted by atomic mass is 10.1. The zero-order valence-electron chi connectivity index (χ0n) is 10.0. The number of rotatable bonds is 2. The number of carbonyl (C=O) groups is 2. The zero-order chi connectivity index (χ0) is 12.3. The minimum absolute atomic E-state index is 0.0886. The summed E-state index contributed by atoms with van der Waals surface area (Å²) in [5.41, 5.74) is 5.32. The van der Waals surface area contributed by atoms with Crippen LogP contribution in [-0.2, 0) is 4.79 Å². The molecule has 0 radical (unpaired) electrons. The number of urea groups is 1. The monoisotopic (exact) mass is 240 g/mol. The molecule has 17 heavy (non-hydrogen) atoms. The van der Waals surface area contributed by atoms with Crippen molar-refractivity contribution in [3.05, 3.63) is 0 Å². The summed E-state index contributed by atoms with van der Waals surface area (Å²) < 4.78 is 0. The molecule has 0 bridgehead atoms. The molecule has 2 aliphatic rings. The van der Waals surface area contributed by atoms with Gasteiger partial charge in [0.1, 0.15) is 0 Å². The van der Waals surface area contributed by atoms with Crippen molar-refractivity contribution < 1.29 is 9.59 Å². The summed E-state index contributed by atoms with van der Waals surface area (Å²) in [6.45, 7) is 3.71. The van der Waals surface area contributed by atoms with E-state index in [9.17, 15) is 9.59 Å². The highest BCUT2D eigenvalue weighted by Gasteiger charge is 2.29. The van der Waals surface area contributed by atoms with E-state index in [1.54, 1.807) is 4.90 Å². The molecule has 3 N–H and O–H groups in total. The first-order valence-electron chi connectivity index (χ1n) is 6.23. The predicted molar refractivity (Wildman–Crippen MR) is 63.4 cm³/mol. The number of nitrogens with one attached hydrogen (secondary N) is 1. The molecule has 1 atom stereocenters. The number of hydrogen-bond donors (Lipinski definition) is 2. The number of piperazine rings is 1. The largest absolute Gasteiger partial charge is 0.351 e. The molecule has 2 rings (SSSR count). The van der Waals surface area contributed by atoms with Crippen molar-refractivity contribution in [1.29, 1.82) is 0 Å². The van der Waals surface area contributed by atoms with E-state index in [0.717, 1.165) is 32.5 Å². The fourth-order valence-corrected chi connectivity index (χ4v) is 2.53. The normalized spacial score (nSPS) is 25.1. The maximum Gasteiger partial charge on any atom is 0.315 e. The van der Waals surface area contributed by atoms with Crippen molar-refractivity contribution >= 4 is 11.9 Å². The van der Waals surface area contributed by atoms with Gasteiger partial charge in [0, 0.05) is 39.1 Å². The standard InChI is InChI=1S/C11H20N4O2/c12-11(17)15-6-3-13-8-9(15)7-10(16)14-4-1-2-5-14/h9,13H,1-8H2,(H2,12,17). The number of carbonyl (C=O) groups excluding carboxylic acids is 2. The van der Waals surface area contributed by atoms with E-state index in [-0.39, 0.29) is 11.9 Å². The number of likely N-dealkylation sites (tertiary alicyclic amines) is 1. The third-order valence-electron chi connectivity index (χ3n) is 3.50. The SMILES string of the molecule is NC(=O)N1CCNCC1CC(=O)N1CCCC1. The molecule has 6 heteroatoms. The summed E-state index contributed by atoms with van der Waals surface area (Å²) in [6, 6.07) is -0.514. The average Bonchev–Trinajstić information content (AvgIpc) is 2.83. The zero-order valence-corrected chi connectivity index (χ0v) is 10.0. The van der Waals surface area contributed by atoms with E-state index in [0.29, 0.717) is 19.5 Å². The molecule has 0 spiro atoms. The van der Waals surface area contributed by atoms with Crippen LogP contribution < -0.4 is 11.1 Å². The molecular weight excluding hydrogens is 220 g/mol. The number of nitrogens with two attached hydrogens (primary N) is 1. The first-order chi connectivity index (χ1) is 8.18. The van der Waals surface area contributed by atoms with E-state index in [1.807, 2.05) is 4.90 Å². The fourth-order valence-electron chi connectivity index (χ4n) is 2.53. The summed E-state index contributed by atoms with van der Waals surface area (Å²) in [7, 11) is 0. The lowest BCUT2D eigenvalue weighted by Gasteiger charge is -2.35. The average molecular weight is 240 g/mol. The molecule has 6 nitrogen and oxygen atoms in total. The highest BCUT2D eigenvalue weighted by Crippen LogP contribution is 2.13. The summed E-state index contributed by atoms with van der Waals surface area (Å²) in [6.07, 6.45) is 2.57. The Bertz CT molecular complexity index is 302. The van der Waals surface area contributed by atoms with Gasteiger partial charge >= 0.3 is 6.03 Å². The van der Waals surface area contributed by atoms with Gasteiger partial charge < -0.3 is 20.9 Å². The summed E-state index contributed by atoms with van der Waals surface area (Å²) in [4.78, 5) is 26.7. The van der Waals surface area contributed by atoms with E-state index in [1.165, 1.54) is 0 Å². The van der Waals surface area contributed by atoms with Crippen molar-refractivity contribution in [1.82, 2.24) is 15.1 Å². The topological polar surface area (TPSA) is 78.7 Å². The highest BCUT2D eigenvalue weighted by molar-refractivity contribution is 5.79. The second-order valence-corrected chi connectivity index (χ2v) is 4.68. The first kappa shape index (κ1) is 12.2. The quantitative estimate of drug-likeness (QED) is 0.673. The van der Waals surface area contributed by atoms with Gasteiger partial charge in [0.05, 0.1) is 6.04 Å². The molecule has 0 aromatic carbocycles. The molecule has 0 aromatic heterocycles. The lowest BCUT2D eigenvalue weighted by molar-refractivity contribution is -0.131. The fraction of sp³-hybridized carbons (Fsp3) is 0.818. The van der Waals surface area contributed by atoms with Gasteiger partial charge in [0.2, 0.25) is 5.91 Å². The molecular formula is C11H20N4O2. The molecule has 2 heterocycles. The van der Waals surface area contributed by atoms with Crippen molar-refractivity contribution in [3.8, 4) is 0 Å². The highest BCUT2D eigenvalue weighted by atomic mass is 16.2. The van der Waals surface area contributed by atoms with Crippen LogP contribution in [0.15, 0.2) is 0 Å². The Morgan fingerprint density at radius 2 is 1.94 bits per heavy atom. The lowest BCUT2D eigenvalue weighted by Crippen LogP contribution is -2.56. The molecule has 3 amide bonds. The molecule has 2 saturated heterocycles. The van der Waals surface area contributed by atoms with E-state index < -0.39 is 6.03 Å². The van der Waals surface area contributed by atoms with E-state index in [4.69, 9.17) is 5.73 Å². The summed E-state index contributed by atoms with van der Waals surface area (Å²) >= 11 is 0. The third-order valence-corrected chi connectivity index (χ3v) is 3.50. The minimum atomic E-state index is -0.425. The van der Waals surface area contributed by atoms with Crippen molar-refractivity contribution in [2.24, 2.45) is 5.73 Å². The smallest absolute Gasteiger partial charge is 0.315 e. The van der Waals surface area contributed by atoms with Gasteiger partial charge in [-0.25, -0.2) is 4.79 Å². The van der Waals surface area contributed by atoms with Crippen molar-refractivity contribution in [2.75, 3.05) is 32.7 Å². The Hall–Kier alpha value is -1.30. The van der Waals surface area contributed by atoms with Gasteiger partial charge in [-0.2, -0.15) is 0 Å². The summed E-state index contributed by atoms with van der Waals surface area (Å²) in [5, 5.41) is 3.20. The van der Waals surface area contributed by atoms with Crippen molar-refractivity contribution in [2.45, 2.75) is 25.3 Å². The van der Waals surface area contributed by atoms with Crippen LogP contribution in [0.2, 0.25) is 0 Å². The number of amides is 3. The molecule has 2 aliphatic heterocycles. The Morgan fingerprint density at radius 1 is 1.24 bits per heavy atom. The Labute approximate surface area is 101 Å². The summed E-state index contributed by atoms with van der Waals surface area (Å²) in [5.74, 6) is 0.141. The third kappa shape index (κ3) is 2.88. The van der Waals surface area contributed by atoms with Gasteiger partial charge in [0.15, 0.2) is 0 Å². The van der Waals surface area contributed by atoms with Crippen LogP contribution in [0.4, 0.5) is 4.79 Å². The number of nitrogens with zero attached hydrogens (tertiary/aromatic N) is 2. The number of hydrogen-bond acceptors (Lipinski definition) is 3. The van der Waals surface area contributed by atoms with E-state index in [2.05, 4.69) is 5.32 Å². The van der Waals surface area contributed by atoms with Crippen LogP contribution in [0.3, 0.4) is 0 Å². The van der Waals surface area contributed by atoms with E-state index >= 15 is 0 Å². The molecule has 2 fully saturated rings. The maximum absolute atomic E-state index is 12.0. The number of primary amides is 1. The minimum Gasteiger partial charge on any atom is -0.351 e. The second-order valence-electron chi connectivity index (χ2n) is 4.68. The molecule has 1 unspecified atom stereocenters. The van der Waals surface area contributed by atoms with Gasteiger partial charge in [-0.1, -0.05) is 0 Å². The Kier molecular flexibility index (Phi) is 3.83. The molecule has 0 aliphatic carbocycles. The molecule has 96 valence electrons. The van der Waals surface area contributed by atoms with Gasteiger partial charge in [-0.15, -0.1) is 0 Å². The first-order valence-corrected chi connectivity index (χ1v) is 6.23.